The van der Waals surface area contributed by atoms with Gasteiger partial charge in [-0.3, -0.25) is 0 Å². The molecule has 2 N–H and O–H groups in total. The monoisotopic (exact) mass is 275 g/mol. The number of benzene rings is 1. The van der Waals surface area contributed by atoms with E-state index in [4.69, 9.17) is 0 Å². The number of rotatable bonds is 2. The van der Waals surface area contributed by atoms with Gasteiger partial charge in [-0.05, 0) is 42.7 Å². The standard InChI is InChI=1S/C15H21N3S/c1-10-16-12-5-4-11(8-13(12)17-10)18-14-9-19-7-6-15(14,2)3/h4-5,8,14,18H,6-7,9H2,1-3H3,(H,16,17). The quantitative estimate of drug-likeness (QED) is 0.875. The summed E-state index contributed by atoms with van der Waals surface area (Å²) in [5, 5.41) is 3.70. The zero-order valence-corrected chi connectivity index (χ0v) is 12.6. The molecule has 19 heavy (non-hydrogen) atoms. The topological polar surface area (TPSA) is 40.7 Å². The van der Waals surface area contributed by atoms with E-state index in [2.05, 4.69) is 47.3 Å². The van der Waals surface area contributed by atoms with Crippen LogP contribution in [0.4, 0.5) is 5.69 Å². The highest BCUT2D eigenvalue weighted by molar-refractivity contribution is 7.99. The van der Waals surface area contributed by atoms with Gasteiger partial charge in [0, 0.05) is 17.5 Å². The van der Waals surface area contributed by atoms with Gasteiger partial charge in [0.25, 0.3) is 0 Å². The number of fused-ring (bicyclic) bond motifs is 1. The van der Waals surface area contributed by atoms with Crippen LogP contribution < -0.4 is 5.32 Å². The van der Waals surface area contributed by atoms with Gasteiger partial charge in [0.2, 0.25) is 0 Å². The third kappa shape index (κ3) is 2.59. The first kappa shape index (κ1) is 12.9. The maximum absolute atomic E-state index is 4.44. The molecule has 1 atom stereocenters. The van der Waals surface area contributed by atoms with Crippen molar-refractivity contribution in [1.29, 1.82) is 0 Å². The van der Waals surface area contributed by atoms with Crippen LogP contribution in [0, 0.1) is 12.3 Å². The van der Waals surface area contributed by atoms with Gasteiger partial charge < -0.3 is 10.3 Å². The second kappa shape index (κ2) is 4.75. The molecule has 0 bridgehead atoms. The minimum Gasteiger partial charge on any atom is -0.381 e. The van der Waals surface area contributed by atoms with Crippen LogP contribution in [-0.4, -0.2) is 27.5 Å². The van der Waals surface area contributed by atoms with Gasteiger partial charge in [0.05, 0.1) is 11.0 Å². The average Bonchev–Trinajstić information content (AvgIpc) is 2.71. The summed E-state index contributed by atoms with van der Waals surface area (Å²) >= 11 is 2.05. The normalized spacial score (nSPS) is 22.6. The molecule has 2 heterocycles. The van der Waals surface area contributed by atoms with Crippen molar-refractivity contribution < 1.29 is 0 Å². The Hall–Kier alpha value is -1.16. The highest BCUT2D eigenvalue weighted by Gasteiger charge is 2.32. The molecule has 1 unspecified atom stereocenters. The van der Waals surface area contributed by atoms with Gasteiger partial charge in [-0.15, -0.1) is 0 Å². The molecule has 0 saturated carbocycles. The van der Waals surface area contributed by atoms with Gasteiger partial charge in [-0.2, -0.15) is 11.8 Å². The number of anilines is 1. The van der Waals surface area contributed by atoms with Gasteiger partial charge in [-0.1, -0.05) is 13.8 Å². The Labute approximate surface area is 118 Å². The Morgan fingerprint density at radius 3 is 3.05 bits per heavy atom. The molecule has 1 aromatic carbocycles. The van der Waals surface area contributed by atoms with E-state index in [0.717, 1.165) is 16.9 Å². The van der Waals surface area contributed by atoms with Crippen LogP contribution in [0.2, 0.25) is 0 Å². The Kier molecular flexibility index (Phi) is 3.21. The van der Waals surface area contributed by atoms with E-state index in [1.54, 1.807) is 0 Å². The van der Waals surface area contributed by atoms with Crippen molar-refractivity contribution in [2.75, 3.05) is 16.8 Å². The SMILES string of the molecule is Cc1nc2ccc(NC3CSCCC3(C)C)cc2[nH]1. The lowest BCUT2D eigenvalue weighted by Gasteiger charge is -2.39. The second-order valence-electron chi connectivity index (χ2n) is 6.06. The number of imidazole rings is 1. The fourth-order valence-electron chi connectivity index (χ4n) is 2.60. The van der Waals surface area contributed by atoms with Crippen molar-refractivity contribution in [1.82, 2.24) is 9.97 Å². The highest BCUT2D eigenvalue weighted by Crippen LogP contribution is 2.36. The van der Waals surface area contributed by atoms with Crippen molar-refractivity contribution in [3.63, 3.8) is 0 Å². The minimum absolute atomic E-state index is 0.365. The molecule has 1 fully saturated rings. The fraction of sp³-hybridized carbons (Fsp3) is 0.533. The average molecular weight is 275 g/mol. The summed E-state index contributed by atoms with van der Waals surface area (Å²) in [5.74, 6) is 3.44. The zero-order chi connectivity index (χ0) is 13.5. The molecule has 3 rings (SSSR count). The van der Waals surface area contributed by atoms with Gasteiger partial charge >= 0.3 is 0 Å². The van der Waals surface area contributed by atoms with Gasteiger partial charge in [0.15, 0.2) is 0 Å². The fourth-order valence-corrected chi connectivity index (χ4v) is 4.21. The molecule has 3 nitrogen and oxygen atoms in total. The third-order valence-electron chi connectivity index (χ3n) is 4.06. The van der Waals surface area contributed by atoms with Crippen LogP contribution >= 0.6 is 11.8 Å². The smallest absolute Gasteiger partial charge is 0.104 e. The lowest BCUT2D eigenvalue weighted by Crippen LogP contribution is -2.41. The van der Waals surface area contributed by atoms with Crippen molar-refractivity contribution in [2.45, 2.75) is 33.2 Å². The number of hydrogen-bond acceptors (Lipinski definition) is 3. The highest BCUT2D eigenvalue weighted by atomic mass is 32.2. The van der Waals surface area contributed by atoms with Crippen LogP contribution in [0.5, 0.6) is 0 Å². The number of aromatic nitrogens is 2. The summed E-state index contributed by atoms with van der Waals surface area (Å²) in [4.78, 5) is 7.74. The van der Waals surface area contributed by atoms with Gasteiger partial charge in [-0.25, -0.2) is 4.98 Å². The van der Waals surface area contributed by atoms with Crippen LogP contribution in [-0.2, 0) is 0 Å². The van der Waals surface area contributed by atoms with E-state index < -0.39 is 0 Å². The van der Waals surface area contributed by atoms with E-state index in [1.807, 2.05) is 18.7 Å². The van der Waals surface area contributed by atoms with Crippen molar-refractivity contribution >= 4 is 28.5 Å². The van der Waals surface area contributed by atoms with E-state index >= 15 is 0 Å². The van der Waals surface area contributed by atoms with Crippen molar-refractivity contribution in [3.05, 3.63) is 24.0 Å². The predicted molar refractivity (Wildman–Crippen MR) is 84.0 cm³/mol. The predicted octanol–water partition coefficient (Wildman–Crippen LogP) is 3.81. The maximum atomic E-state index is 4.44. The first-order valence-electron chi connectivity index (χ1n) is 6.85. The molecule has 0 radical (unpaired) electrons. The van der Waals surface area contributed by atoms with Crippen molar-refractivity contribution in [3.8, 4) is 0 Å². The molecule has 102 valence electrons. The van der Waals surface area contributed by atoms with Crippen LogP contribution in [0.1, 0.15) is 26.1 Å². The summed E-state index contributed by atoms with van der Waals surface area (Å²) in [5.41, 5.74) is 3.71. The number of H-pyrrole nitrogens is 1. The minimum atomic E-state index is 0.365. The number of aryl methyl sites for hydroxylation is 1. The number of hydrogen-bond donors (Lipinski definition) is 2. The molecular formula is C15H21N3S. The molecule has 0 amide bonds. The zero-order valence-electron chi connectivity index (χ0n) is 11.8. The second-order valence-corrected chi connectivity index (χ2v) is 7.21. The summed E-state index contributed by atoms with van der Waals surface area (Å²) in [6.07, 6.45) is 1.28. The molecule has 1 aliphatic heterocycles. The third-order valence-corrected chi connectivity index (χ3v) is 5.12. The lowest BCUT2D eigenvalue weighted by molar-refractivity contribution is 0.305. The summed E-state index contributed by atoms with van der Waals surface area (Å²) in [6.45, 7) is 6.72. The first-order valence-corrected chi connectivity index (χ1v) is 8.01. The Bertz CT molecular complexity index is 588. The number of aromatic amines is 1. The molecule has 0 spiro atoms. The molecule has 1 aliphatic rings. The summed E-state index contributed by atoms with van der Waals surface area (Å²) in [6, 6.07) is 6.93. The Morgan fingerprint density at radius 2 is 2.26 bits per heavy atom. The van der Waals surface area contributed by atoms with E-state index in [9.17, 15) is 0 Å². The van der Waals surface area contributed by atoms with Crippen LogP contribution in [0.15, 0.2) is 18.2 Å². The number of nitrogens with one attached hydrogen (secondary N) is 2. The molecular weight excluding hydrogens is 254 g/mol. The van der Waals surface area contributed by atoms with Crippen LogP contribution in [0.25, 0.3) is 11.0 Å². The maximum Gasteiger partial charge on any atom is 0.104 e. The Balaban J connectivity index is 1.84. The molecule has 2 aromatic rings. The summed E-state index contributed by atoms with van der Waals surface area (Å²) in [7, 11) is 0. The van der Waals surface area contributed by atoms with E-state index in [1.165, 1.54) is 23.6 Å². The lowest BCUT2D eigenvalue weighted by atomic mass is 9.82. The molecule has 1 aromatic heterocycles. The molecule has 0 aliphatic carbocycles. The Morgan fingerprint density at radius 1 is 1.42 bits per heavy atom. The first-order chi connectivity index (χ1) is 9.04. The molecule has 4 heteroatoms. The number of nitrogens with zero attached hydrogens (tertiary/aromatic N) is 1. The number of thioether (sulfide) groups is 1. The van der Waals surface area contributed by atoms with Crippen LogP contribution in [0.3, 0.4) is 0 Å². The van der Waals surface area contributed by atoms with Gasteiger partial charge in [0.1, 0.15) is 5.82 Å². The van der Waals surface area contributed by atoms with E-state index in [0.29, 0.717) is 11.5 Å². The van der Waals surface area contributed by atoms with E-state index in [-0.39, 0.29) is 0 Å². The largest absolute Gasteiger partial charge is 0.381 e. The van der Waals surface area contributed by atoms with Crippen molar-refractivity contribution in [2.24, 2.45) is 5.41 Å². The summed E-state index contributed by atoms with van der Waals surface area (Å²) < 4.78 is 0. The molecule has 1 saturated heterocycles.